The Morgan fingerprint density at radius 1 is 0.931 bits per heavy atom. The minimum atomic E-state index is -0.283. The number of benzene rings is 2. The summed E-state index contributed by atoms with van der Waals surface area (Å²) < 4.78 is 19.1. The van der Waals surface area contributed by atoms with E-state index in [2.05, 4.69) is 24.3 Å². The number of carbonyl (C=O) groups excluding carboxylic acids is 1. The normalized spacial score (nSPS) is 17.5. The van der Waals surface area contributed by atoms with Crippen LogP contribution in [0.25, 0.3) is 0 Å². The Bertz CT molecular complexity index is 808. The molecule has 0 bridgehead atoms. The van der Waals surface area contributed by atoms with Crippen molar-refractivity contribution in [1.29, 1.82) is 0 Å². The first kappa shape index (κ1) is 20.1. The van der Waals surface area contributed by atoms with Gasteiger partial charge < -0.3 is 9.64 Å². The van der Waals surface area contributed by atoms with Gasteiger partial charge in [-0.15, -0.1) is 0 Å². The van der Waals surface area contributed by atoms with E-state index in [1.165, 1.54) is 36.1 Å². The lowest BCUT2D eigenvalue weighted by molar-refractivity contribution is -0.131. The van der Waals surface area contributed by atoms with Crippen molar-refractivity contribution in [1.82, 2.24) is 4.90 Å². The van der Waals surface area contributed by atoms with Crippen LogP contribution in [-0.4, -0.2) is 30.5 Å². The van der Waals surface area contributed by atoms with Crippen molar-refractivity contribution in [3.8, 4) is 0 Å². The average molecular weight is 396 g/mol. The van der Waals surface area contributed by atoms with Gasteiger partial charge in [-0.05, 0) is 72.8 Å². The topological polar surface area (TPSA) is 29.5 Å². The lowest BCUT2D eigenvalue weighted by Gasteiger charge is -2.32. The van der Waals surface area contributed by atoms with Gasteiger partial charge in [-0.2, -0.15) is 0 Å². The summed E-state index contributed by atoms with van der Waals surface area (Å²) in [5.41, 5.74) is 3.35. The molecule has 2 aliphatic rings. The van der Waals surface area contributed by atoms with E-state index in [1.54, 1.807) is 6.07 Å². The first-order chi connectivity index (χ1) is 14.2. The summed E-state index contributed by atoms with van der Waals surface area (Å²) in [4.78, 5) is 14.4. The van der Waals surface area contributed by atoms with Crippen molar-refractivity contribution in [3.05, 3.63) is 71.0 Å². The van der Waals surface area contributed by atoms with Crippen LogP contribution in [0.15, 0.2) is 48.5 Å². The van der Waals surface area contributed by atoms with E-state index in [4.69, 9.17) is 4.74 Å². The summed E-state index contributed by atoms with van der Waals surface area (Å²) in [6.45, 7) is 3.21. The van der Waals surface area contributed by atoms with Gasteiger partial charge in [0.25, 0.3) is 0 Å². The monoisotopic (exact) mass is 395 g/mol. The molecule has 0 unspecified atom stereocenters. The smallest absolute Gasteiger partial charge is 0.226 e. The summed E-state index contributed by atoms with van der Waals surface area (Å²) in [7, 11) is 0. The number of hydrogen-bond donors (Lipinski definition) is 0. The van der Waals surface area contributed by atoms with Crippen molar-refractivity contribution in [3.63, 3.8) is 0 Å². The Kier molecular flexibility index (Phi) is 6.60. The zero-order valence-corrected chi connectivity index (χ0v) is 17.0. The van der Waals surface area contributed by atoms with Crippen LogP contribution < -0.4 is 0 Å². The maximum Gasteiger partial charge on any atom is 0.226 e. The van der Waals surface area contributed by atoms with Crippen molar-refractivity contribution in [2.75, 3.05) is 19.7 Å². The van der Waals surface area contributed by atoms with Gasteiger partial charge in [-0.25, -0.2) is 4.39 Å². The second-order valence-electron chi connectivity index (χ2n) is 8.61. The van der Waals surface area contributed by atoms with Crippen LogP contribution in [0.1, 0.15) is 42.4 Å². The summed E-state index contributed by atoms with van der Waals surface area (Å²) in [5.74, 6) is 1.24. The third-order valence-electron chi connectivity index (χ3n) is 6.08. The molecule has 4 heteroatoms. The average Bonchev–Trinajstić information content (AvgIpc) is 3.54. The number of hydrogen-bond acceptors (Lipinski definition) is 2. The molecule has 2 aromatic carbocycles. The highest BCUT2D eigenvalue weighted by atomic mass is 19.1. The van der Waals surface area contributed by atoms with Gasteiger partial charge in [0.05, 0.1) is 13.0 Å². The lowest BCUT2D eigenvalue weighted by Crippen LogP contribution is -2.39. The van der Waals surface area contributed by atoms with E-state index < -0.39 is 0 Å². The zero-order chi connectivity index (χ0) is 20.1. The Hall–Kier alpha value is -2.20. The Morgan fingerprint density at radius 3 is 2.34 bits per heavy atom. The fourth-order valence-electron chi connectivity index (χ4n) is 4.05. The maximum atomic E-state index is 13.3. The molecule has 154 valence electrons. The highest BCUT2D eigenvalue weighted by molar-refractivity contribution is 5.78. The number of amides is 1. The van der Waals surface area contributed by atoms with E-state index in [0.717, 1.165) is 50.4 Å². The molecular weight excluding hydrogens is 365 g/mol. The van der Waals surface area contributed by atoms with E-state index in [0.29, 0.717) is 12.5 Å². The van der Waals surface area contributed by atoms with Gasteiger partial charge >= 0.3 is 0 Å². The third kappa shape index (κ3) is 6.14. The van der Waals surface area contributed by atoms with Gasteiger partial charge in [0.15, 0.2) is 0 Å². The highest BCUT2D eigenvalue weighted by Gasteiger charge is 2.23. The maximum absolute atomic E-state index is 13.3. The first-order valence-corrected chi connectivity index (χ1v) is 10.8. The summed E-state index contributed by atoms with van der Waals surface area (Å²) in [5, 5.41) is 0. The molecule has 0 radical (unpaired) electrons. The predicted molar refractivity (Wildman–Crippen MR) is 112 cm³/mol. The van der Waals surface area contributed by atoms with Gasteiger partial charge in [0.1, 0.15) is 5.82 Å². The second-order valence-corrected chi connectivity index (χ2v) is 8.61. The molecule has 1 saturated heterocycles. The fraction of sp³-hybridized carbons (Fsp3) is 0.480. The zero-order valence-electron chi connectivity index (χ0n) is 17.0. The molecule has 3 nitrogen and oxygen atoms in total. The molecule has 0 atom stereocenters. The molecule has 1 saturated carbocycles. The summed E-state index contributed by atoms with van der Waals surface area (Å²) >= 11 is 0. The molecule has 1 aliphatic heterocycles. The molecular formula is C25H30FNO2. The standard InChI is InChI=1S/C25H30FNO2/c26-24-3-1-2-23(15-24)16-25(28)27-12-10-20(11-13-27)14-19-4-6-21(7-5-19)17-29-18-22-8-9-22/h1-7,15,20,22H,8-14,16-18H2. The van der Waals surface area contributed by atoms with Gasteiger partial charge in [-0.3, -0.25) is 4.79 Å². The molecule has 29 heavy (non-hydrogen) atoms. The number of piperidine rings is 1. The minimum Gasteiger partial charge on any atom is -0.376 e. The fourth-order valence-corrected chi connectivity index (χ4v) is 4.05. The SMILES string of the molecule is O=C(Cc1cccc(F)c1)N1CCC(Cc2ccc(COCC3CC3)cc2)CC1. The van der Waals surface area contributed by atoms with Crippen LogP contribution in [0.2, 0.25) is 0 Å². The van der Waals surface area contributed by atoms with Crippen molar-refractivity contribution < 1.29 is 13.9 Å². The molecule has 0 N–H and O–H groups in total. The number of ether oxygens (including phenoxy) is 1. The van der Waals surface area contributed by atoms with E-state index >= 15 is 0 Å². The minimum absolute atomic E-state index is 0.101. The van der Waals surface area contributed by atoms with Gasteiger partial charge in [0, 0.05) is 19.7 Å². The lowest BCUT2D eigenvalue weighted by atomic mass is 9.89. The van der Waals surface area contributed by atoms with Crippen LogP contribution in [0.4, 0.5) is 4.39 Å². The van der Waals surface area contributed by atoms with Crippen LogP contribution >= 0.6 is 0 Å². The highest BCUT2D eigenvalue weighted by Crippen LogP contribution is 2.29. The molecule has 2 fully saturated rings. The molecule has 0 aromatic heterocycles. The summed E-state index contributed by atoms with van der Waals surface area (Å²) in [6, 6.07) is 15.1. The number of carbonyl (C=O) groups is 1. The molecule has 1 amide bonds. The largest absolute Gasteiger partial charge is 0.376 e. The molecule has 0 spiro atoms. The number of halogens is 1. The van der Waals surface area contributed by atoms with Gasteiger partial charge in [-0.1, -0.05) is 36.4 Å². The predicted octanol–water partition coefficient (Wildman–Crippen LogP) is 4.78. The van der Waals surface area contributed by atoms with E-state index in [-0.39, 0.29) is 18.1 Å². The van der Waals surface area contributed by atoms with Crippen molar-refractivity contribution >= 4 is 5.91 Å². The summed E-state index contributed by atoms with van der Waals surface area (Å²) in [6.07, 6.45) is 6.06. The van der Waals surface area contributed by atoms with Crippen LogP contribution in [0.3, 0.4) is 0 Å². The number of nitrogens with zero attached hydrogens (tertiary/aromatic N) is 1. The molecule has 1 aliphatic carbocycles. The van der Waals surface area contributed by atoms with Crippen molar-refractivity contribution in [2.24, 2.45) is 11.8 Å². The van der Waals surface area contributed by atoms with E-state index in [1.807, 2.05) is 11.0 Å². The quantitative estimate of drug-likeness (QED) is 0.644. The molecule has 1 heterocycles. The van der Waals surface area contributed by atoms with Crippen LogP contribution in [0, 0.1) is 17.7 Å². The molecule has 4 rings (SSSR count). The van der Waals surface area contributed by atoms with Crippen LogP contribution in [0.5, 0.6) is 0 Å². The molecule has 2 aromatic rings. The van der Waals surface area contributed by atoms with Gasteiger partial charge in [0.2, 0.25) is 5.91 Å². The van der Waals surface area contributed by atoms with Crippen molar-refractivity contribution in [2.45, 2.75) is 45.1 Å². The second kappa shape index (κ2) is 9.53. The first-order valence-electron chi connectivity index (χ1n) is 10.8. The Morgan fingerprint density at radius 2 is 1.66 bits per heavy atom. The Labute approximate surface area is 172 Å². The van der Waals surface area contributed by atoms with E-state index in [9.17, 15) is 9.18 Å². The number of likely N-dealkylation sites (tertiary alicyclic amines) is 1. The Balaban J connectivity index is 1.19. The number of rotatable bonds is 8. The third-order valence-corrected chi connectivity index (χ3v) is 6.08. The van der Waals surface area contributed by atoms with Crippen LogP contribution in [-0.2, 0) is 29.0 Å².